The van der Waals surface area contributed by atoms with Crippen molar-refractivity contribution in [1.29, 1.82) is 0 Å². The van der Waals surface area contributed by atoms with Gasteiger partial charge in [0, 0.05) is 31.7 Å². The Morgan fingerprint density at radius 2 is 1.72 bits per heavy atom. The van der Waals surface area contributed by atoms with E-state index >= 15 is 0 Å². The van der Waals surface area contributed by atoms with Crippen molar-refractivity contribution < 1.29 is 22.7 Å². The molecule has 5 nitrogen and oxygen atoms in total. The highest BCUT2D eigenvalue weighted by Crippen LogP contribution is 2.29. The van der Waals surface area contributed by atoms with Crippen LogP contribution in [-0.2, 0) is 17.5 Å². The molecule has 0 unspecified atom stereocenters. The van der Waals surface area contributed by atoms with Gasteiger partial charge in [0.1, 0.15) is 0 Å². The smallest absolute Gasteiger partial charge is 0.379 e. The van der Waals surface area contributed by atoms with Gasteiger partial charge in [0.05, 0.1) is 18.8 Å². The van der Waals surface area contributed by atoms with Crippen molar-refractivity contribution in [2.45, 2.75) is 32.1 Å². The summed E-state index contributed by atoms with van der Waals surface area (Å²) in [6, 6.07) is 4.40. The molecule has 8 heteroatoms. The average Bonchev–Trinajstić information content (AvgIpc) is 2.58. The molecule has 2 rings (SSSR count). The van der Waals surface area contributed by atoms with Gasteiger partial charge in [-0.25, -0.2) is 4.79 Å². The third-order valence-electron chi connectivity index (χ3n) is 4.28. The molecule has 140 valence electrons. The van der Waals surface area contributed by atoms with Crippen LogP contribution in [0.3, 0.4) is 0 Å². The molecule has 0 atom stereocenters. The molecule has 2 N–H and O–H groups in total. The van der Waals surface area contributed by atoms with E-state index in [4.69, 9.17) is 4.74 Å². The van der Waals surface area contributed by atoms with Gasteiger partial charge >= 0.3 is 12.2 Å². The van der Waals surface area contributed by atoms with E-state index in [9.17, 15) is 18.0 Å². The number of halogens is 3. The highest BCUT2D eigenvalue weighted by Gasteiger charge is 2.30. The lowest BCUT2D eigenvalue weighted by Crippen LogP contribution is -2.56. The van der Waals surface area contributed by atoms with Crippen molar-refractivity contribution in [2.24, 2.45) is 0 Å². The molecule has 1 aromatic rings. The van der Waals surface area contributed by atoms with Crippen molar-refractivity contribution in [2.75, 3.05) is 32.8 Å². The second-order valence-corrected chi connectivity index (χ2v) is 6.64. The van der Waals surface area contributed by atoms with Gasteiger partial charge in [-0.05, 0) is 31.5 Å². The van der Waals surface area contributed by atoms with Crippen LogP contribution >= 0.6 is 0 Å². The Kier molecular flexibility index (Phi) is 6.29. The zero-order valence-electron chi connectivity index (χ0n) is 14.4. The highest BCUT2D eigenvalue weighted by atomic mass is 19.4. The number of hydrogen-bond donors (Lipinski definition) is 2. The van der Waals surface area contributed by atoms with E-state index in [2.05, 4.69) is 29.4 Å². The van der Waals surface area contributed by atoms with E-state index in [1.54, 1.807) is 0 Å². The average molecular weight is 359 g/mol. The molecule has 0 bridgehead atoms. The van der Waals surface area contributed by atoms with Crippen LogP contribution in [0.25, 0.3) is 0 Å². The van der Waals surface area contributed by atoms with Crippen LogP contribution in [-0.4, -0.2) is 49.3 Å². The minimum absolute atomic E-state index is 0.169. The first-order valence-electron chi connectivity index (χ1n) is 8.19. The summed E-state index contributed by atoms with van der Waals surface area (Å²) in [5.41, 5.74) is -0.293. The van der Waals surface area contributed by atoms with Gasteiger partial charge in [-0.2, -0.15) is 13.2 Å². The third kappa shape index (κ3) is 5.89. The summed E-state index contributed by atoms with van der Waals surface area (Å²) >= 11 is 0. The van der Waals surface area contributed by atoms with Gasteiger partial charge in [-0.15, -0.1) is 0 Å². The Morgan fingerprint density at radius 3 is 2.28 bits per heavy atom. The van der Waals surface area contributed by atoms with Crippen LogP contribution in [0.1, 0.15) is 25.0 Å². The Balaban J connectivity index is 1.76. The van der Waals surface area contributed by atoms with Crippen molar-refractivity contribution in [3.63, 3.8) is 0 Å². The van der Waals surface area contributed by atoms with Gasteiger partial charge in [0.15, 0.2) is 0 Å². The predicted octanol–water partition coefficient (Wildman–Crippen LogP) is 2.62. The van der Waals surface area contributed by atoms with Crippen LogP contribution in [0, 0.1) is 0 Å². The summed E-state index contributed by atoms with van der Waals surface area (Å²) in [6.45, 7) is 7.74. The maximum Gasteiger partial charge on any atom is 0.416 e. The van der Waals surface area contributed by atoms with Crippen LogP contribution in [0.2, 0.25) is 0 Å². The normalized spacial score (nSPS) is 16.5. The summed E-state index contributed by atoms with van der Waals surface area (Å²) in [4.78, 5) is 14.2. The fourth-order valence-electron chi connectivity index (χ4n) is 2.63. The molecule has 0 spiro atoms. The summed E-state index contributed by atoms with van der Waals surface area (Å²) in [5.74, 6) is 0. The fraction of sp³-hybridized carbons (Fsp3) is 0.588. The number of alkyl halides is 3. The van der Waals surface area contributed by atoms with E-state index in [0.717, 1.165) is 25.2 Å². The molecule has 1 saturated heterocycles. The predicted molar refractivity (Wildman–Crippen MR) is 88.2 cm³/mol. The number of ether oxygens (including phenoxy) is 1. The molecule has 0 radical (unpaired) electrons. The van der Waals surface area contributed by atoms with E-state index in [1.807, 2.05) is 0 Å². The maximum absolute atomic E-state index is 12.5. The summed E-state index contributed by atoms with van der Waals surface area (Å²) in [7, 11) is 0. The number of carbonyl (C=O) groups excluding carboxylic acids is 1. The highest BCUT2D eigenvalue weighted by molar-refractivity contribution is 5.73. The second-order valence-electron chi connectivity index (χ2n) is 6.64. The fourth-order valence-corrected chi connectivity index (χ4v) is 2.63. The van der Waals surface area contributed by atoms with Crippen molar-refractivity contribution in [1.82, 2.24) is 15.5 Å². The zero-order valence-corrected chi connectivity index (χ0v) is 14.4. The lowest BCUT2D eigenvalue weighted by Gasteiger charge is -2.40. The molecule has 1 aliphatic rings. The lowest BCUT2D eigenvalue weighted by molar-refractivity contribution is -0.137. The molecule has 1 fully saturated rings. The largest absolute Gasteiger partial charge is 0.416 e. The molecular formula is C17H24F3N3O2. The topological polar surface area (TPSA) is 53.6 Å². The quantitative estimate of drug-likeness (QED) is 0.850. The van der Waals surface area contributed by atoms with Gasteiger partial charge < -0.3 is 15.4 Å². The SMILES string of the molecule is CC(C)(CNC(=O)NCc1ccc(C(F)(F)F)cc1)N1CCOCC1. The first-order chi connectivity index (χ1) is 11.7. The number of amides is 2. The molecule has 1 aromatic carbocycles. The number of rotatable bonds is 5. The Morgan fingerprint density at radius 1 is 1.12 bits per heavy atom. The Hall–Kier alpha value is -1.80. The summed E-state index contributed by atoms with van der Waals surface area (Å²) < 4.78 is 42.8. The lowest BCUT2D eigenvalue weighted by atomic mass is 10.0. The van der Waals surface area contributed by atoms with Gasteiger partial charge in [-0.1, -0.05) is 12.1 Å². The van der Waals surface area contributed by atoms with Crippen LogP contribution in [0.5, 0.6) is 0 Å². The first kappa shape index (κ1) is 19.5. The second kappa shape index (κ2) is 8.05. The maximum atomic E-state index is 12.5. The minimum Gasteiger partial charge on any atom is -0.379 e. The van der Waals surface area contributed by atoms with E-state index < -0.39 is 11.7 Å². The van der Waals surface area contributed by atoms with Crippen molar-refractivity contribution in [3.05, 3.63) is 35.4 Å². The van der Waals surface area contributed by atoms with E-state index in [0.29, 0.717) is 25.3 Å². The monoisotopic (exact) mass is 359 g/mol. The molecule has 0 aromatic heterocycles. The summed E-state index contributed by atoms with van der Waals surface area (Å²) in [6.07, 6.45) is -4.35. The number of morpholine rings is 1. The van der Waals surface area contributed by atoms with E-state index in [1.165, 1.54) is 12.1 Å². The zero-order chi connectivity index (χ0) is 18.5. The van der Waals surface area contributed by atoms with Crippen molar-refractivity contribution in [3.8, 4) is 0 Å². The molecular weight excluding hydrogens is 335 g/mol. The molecule has 25 heavy (non-hydrogen) atoms. The number of carbonyl (C=O) groups is 1. The standard InChI is InChI=1S/C17H24F3N3O2/c1-16(2,23-7-9-25-10-8-23)12-22-15(24)21-11-13-3-5-14(6-4-13)17(18,19)20/h3-6H,7-12H2,1-2H3,(H2,21,22,24). The number of benzene rings is 1. The number of nitrogens with one attached hydrogen (secondary N) is 2. The number of nitrogens with zero attached hydrogens (tertiary/aromatic N) is 1. The van der Waals surface area contributed by atoms with Gasteiger partial charge in [-0.3, -0.25) is 4.90 Å². The third-order valence-corrected chi connectivity index (χ3v) is 4.28. The molecule has 1 aliphatic heterocycles. The van der Waals surface area contributed by atoms with Crippen LogP contribution in [0.15, 0.2) is 24.3 Å². The van der Waals surface area contributed by atoms with Gasteiger partial charge in [0.2, 0.25) is 0 Å². The Bertz CT molecular complexity index is 567. The molecule has 0 saturated carbocycles. The minimum atomic E-state index is -4.35. The molecule has 0 aliphatic carbocycles. The number of hydrogen-bond acceptors (Lipinski definition) is 3. The number of urea groups is 1. The summed E-state index contributed by atoms with van der Waals surface area (Å²) in [5, 5.41) is 5.47. The van der Waals surface area contributed by atoms with Gasteiger partial charge in [0.25, 0.3) is 0 Å². The van der Waals surface area contributed by atoms with E-state index in [-0.39, 0.29) is 18.1 Å². The first-order valence-corrected chi connectivity index (χ1v) is 8.19. The van der Waals surface area contributed by atoms with Crippen molar-refractivity contribution >= 4 is 6.03 Å². The molecule has 2 amide bonds. The molecule has 1 heterocycles. The Labute approximate surface area is 145 Å². The van der Waals surface area contributed by atoms with Crippen LogP contribution < -0.4 is 10.6 Å². The van der Waals surface area contributed by atoms with Crippen LogP contribution in [0.4, 0.5) is 18.0 Å².